The number of alkyl halides is 3. The number of hydrogen-bond acceptors (Lipinski definition) is 2. The molecule has 1 aliphatic heterocycles. The predicted molar refractivity (Wildman–Crippen MR) is 67.7 cm³/mol. The van der Waals surface area contributed by atoms with E-state index in [9.17, 15) is 18.0 Å². The molecule has 0 bridgehead atoms. The molecular formula is C13H23F3N2O. The van der Waals surface area contributed by atoms with Gasteiger partial charge in [-0.15, -0.1) is 0 Å². The lowest BCUT2D eigenvalue weighted by Gasteiger charge is -2.35. The Morgan fingerprint density at radius 1 is 1.37 bits per heavy atom. The van der Waals surface area contributed by atoms with E-state index in [-0.39, 0.29) is 31.3 Å². The van der Waals surface area contributed by atoms with E-state index in [1.807, 2.05) is 20.8 Å². The largest absolute Gasteiger partial charge is 0.393 e. The second kappa shape index (κ2) is 6.59. The smallest absolute Gasteiger partial charge is 0.339 e. The zero-order valence-corrected chi connectivity index (χ0v) is 11.8. The van der Waals surface area contributed by atoms with Crippen LogP contribution >= 0.6 is 0 Å². The summed E-state index contributed by atoms with van der Waals surface area (Å²) in [4.78, 5) is 14.0. The number of likely N-dealkylation sites (N-methyl/N-ethyl adjacent to an activating group) is 1. The van der Waals surface area contributed by atoms with Gasteiger partial charge in [-0.1, -0.05) is 6.92 Å². The summed E-state index contributed by atoms with van der Waals surface area (Å²) in [5, 5.41) is 2.76. The lowest BCUT2D eigenvalue weighted by molar-refractivity contribution is -0.181. The van der Waals surface area contributed by atoms with Crippen molar-refractivity contribution in [1.29, 1.82) is 0 Å². The molecule has 0 aliphatic carbocycles. The maximum atomic E-state index is 12.5. The van der Waals surface area contributed by atoms with Crippen LogP contribution in [-0.4, -0.2) is 42.2 Å². The number of rotatable bonds is 4. The fourth-order valence-electron chi connectivity index (χ4n) is 2.45. The van der Waals surface area contributed by atoms with E-state index in [0.29, 0.717) is 6.54 Å². The van der Waals surface area contributed by atoms with Gasteiger partial charge in [0.15, 0.2) is 0 Å². The highest BCUT2D eigenvalue weighted by atomic mass is 19.4. The van der Waals surface area contributed by atoms with Gasteiger partial charge in [0, 0.05) is 19.1 Å². The van der Waals surface area contributed by atoms with Crippen molar-refractivity contribution in [2.75, 3.05) is 13.1 Å². The van der Waals surface area contributed by atoms with Gasteiger partial charge in [0.05, 0.1) is 12.0 Å². The van der Waals surface area contributed by atoms with Crippen LogP contribution in [0, 0.1) is 5.92 Å². The average molecular weight is 280 g/mol. The van der Waals surface area contributed by atoms with Crippen LogP contribution in [0.2, 0.25) is 0 Å². The summed E-state index contributed by atoms with van der Waals surface area (Å²) in [6.45, 7) is 6.29. The summed E-state index contributed by atoms with van der Waals surface area (Å²) in [7, 11) is 0. The second-order valence-electron chi connectivity index (χ2n) is 5.16. The molecule has 1 amide bonds. The molecule has 1 heterocycles. The van der Waals surface area contributed by atoms with Crippen molar-refractivity contribution in [3.63, 3.8) is 0 Å². The summed E-state index contributed by atoms with van der Waals surface area (Å²) in [6.07, 6.45) is -3.03. The number of halogens is 3. The minimum absolute atomic E-state index is 0.0327. The molecule has 112 valence electrons. The molecule has 1 rings (SSSR count). The lowest BCUT2D eigenvalue weighted by Crippen LogP contribution is -2.54. The molecule has 1 saturated heterocycles. The maximum Gasteiger partial charge on any atom is 0.393 e. The first-order chi connectivity index (χ1) is 8.81. The third kappa shape index (κ3) is 4.09. The van der Waals surface area contributed by atoms with Crippen LogP contribution in [-0.2, 0) is 4.79 Å². The van der Waals surface area contributed by atoms with Crippen LogP contribution in [0.5, 0.6) is 0 Å². The Bertz CT molecular complexity index is 299. The molecule has 0 aromatic rings. The van der Waals surface area contributed by atoms with Crippen LogP contribution in [0.3, 0.4) is 0 Å². The molecule has 0 spiro atoms. The minimum Gasteiger partial charge on any atom is -0.339 e. The zero-order valence-electron chi connectivity index (χ0n) is 11.8. The second-order valence-corrected chi connectivity index (χ2v) is 5.16. The molecule has 1 fully saturated rings. The van der Waals surface area contributed by atoms with Gasteiger partial charge < -0.3 is 10.2 Å². The van der Waals surface area contributed by atoms with Gasteiger partial charge in [-0.3, -0.25) is 4.79 Å². The van der Waals surface area contributed by atoms with Crippen molar-refractivity contribution < 1.29 is 18.0 Å². The fraction of sp³-hybridized carbons (Fsp3) is 0.923. The first-order valence-corrected chi connectivity index (χ1v) is 6.91. The first kappa shape index (κ1) is 16.3. The molecule has 3 atom stereocenters. The van der Waals surface area contributed by atoms with Gasteiger partial charge in [-0.2, -0.15) is 13.2 Å². The summed E-state index contributed by atoms with van der Waals surface area (Å²) >= 11 is 0. The van der Waals surface area contributed by atoms with E-state index in [4.69, 9.17) is 0 Å². The van der Waals surface area contributed by atoms with Gasteiger partial charge in [0.2, 0.25) is 5.91 Å². The molecule has 6 heteroatoms. The van der Waals surface area contributed by atoms with Gasteiger partial charge in [-0.05, 0) is 33.1 Å². The van der Waals surface area contributed by atoms with E-state index >= 15 is 0 Å². The zero-order chi connectivity index (χ0) is 14.6. The van der Waals surface area contributed by atoms with Crippen LogP contribution < -0.4 is 5.32 Å². The van der Waals surface area contributed by atoms with Crippen LogP contribution in [0.15, 0.2) is 0 Å². The summed E-state index contributed by atoms with van der Waals surface area (Å²) in [6, 6.07) is -0.341. The number of carbonyl (C=O) groups is 1. The molecule has 19 heavy (non-hydrogen) atoms. The molecule has 0 saturated carbocycles. The van der Waals surface area contributed by atoms with Crippen molar-refractivity contribution in [1.82, 2.24) is 10.2 Å². The summed E-state index contributed by atoms with van der Waals surface area (Å²) in [5.74, 6) is -1.40. The van der Waals surface area contributed by atoms with Crippen molar-refractivity contribution >= 4 is 5.91 Å². The lowest BCUT2D eigenvalue weighted by atomic mass is 9.93. The van der Waals surface area contributed by atoms with E-state index in [1.165, 1.54) is 0 Å². The van der Waals surface area contributed by atoms with E-state index in [0.717, 1.165) is 6.42 Å². The number of amides is 1. The maximum absolute atomic E-state index is 12.5. The van der Waals surface area contributed by atoms with Gasteiger partial charge in [0.25, 0.3) is 0 Å². The van der Waals surface area contributed by atoms with Crippen molar-refractivity contribution in [2.45, 2.75) is 58.3 Å². The minimum atomic E-state index is -4.16. The number of nitrogens with zero attached hydrogens (tertiary/aromatic N) is 1. The highest BCUT2D eigenvalue weighted by Crippen LogP contribution is 2.32. The SMILES string of the molecule is CCC(C)N(CC)C(=O)C1CCC(C(F)(F)F)CN1. The highest BCUT2D eigenvalue weighted by Gasteiger charge is 2.43. The first-order valence-electron chi connectivity index (χ1n) is 6.91. The normalized spacial score (nSPS) is 26.0. The Balaban J connectivity index is 2.57. The topological polar surface area (TPSA) is 32.3 Å². The molecule has 0 aromatic heterocycles. The van der Waals surface area contributed by atoms with Crippen molar-refractivity contribution in [2.24, 2.45) is 5.92 Å². The van der Waals surface area contributed by atoms with Gasteiger partial charge in [0.1, 0.15) is 0 Å². The number of carbonyl (C=O) groups excluding carboxylic acids is 1. The summed E-state index contributed by atoms with van der Waals surface area (Å²) < 4.78 is 37.6. The highest BCUT2D eigenvalue weighted by molar-refractivity contribution is 5.82. The van der Waals surface area contributed by atoms with Crippen LogP contribution in [0.1, 0.15) is 40.0 Å². The van der Waals surface area contributed by atoms with Gasteiger partial charge in [-0.25, -0.2) is 0 Å². The standard InChI is InChI=1S/C13H23F3N2O/c1-4-9(3)18(5-2)12(19)11-7-6-10(8-17-11)13(14,15)16/h9-11,17H,4-8H2,1-3H3. The molecule has 1 N–H and O–H groups in total. The van der Waals surface area contributed by atoms with Crippen LogP contribution in [0.4, 0.5) is 13.2 Å². The molecule has 3 unspecified atom stereocenters. The third-order valence-corrected chi connectivity index (χ3v) is 3.92. The Morgan fingerprint density at radius 3 is 2.37 bits per heavy atom. The van der Waals surface area contributed by atoms with Crippen molar-refractivity contribution in [3.8, 4) is 0 Å². The predicted octanol–water partition coefficient (Wildman–Crippen LogP) is 2.56. The van der Waals surface area contributed by atoms with E-state index in [2.05, 4.69) is 5.32 Å². The molecule has 3 nitrogen and oxygen atoms in total. The Kier molecular flexibility index (Phi) is 5.64. The van der Waals surface area contributed by atoms with Crippen molar-refractivity contribution in [3.05, 3.63) is 0 Å². The fourth-order valence-corrected chi connectivity index (χ4v) is 2.45. The molecule has 0 radical (unpaired) electrons. The molecular weight excluding hydrogens is 257 g/mol. The Morgan fingerprint density at radius 2 is 2.00 bits per heavy atom. The molecule has 1 aliphatic rings. The summed E-state index contributed by atoms with van der Waals surface area (Å²) in [5.41, 5.74) is 0. The van der Waals surface area contributed by atoms with E-state index < -0.39 is 18.1 Å². The third-order valence-electron chi connectivity index (χ3n) is 3.92. The average Bonchev–Trinajstić information content (AvgIpc) is 2.38. The van der Waals surface area contributed by atoms with Gasteiger partial charge >= 0.3 is 6.18 Å². The number of piperidine rings is 1. The van der Waals surface area contributed by atoms with Crippen LogP contribution in [0.25, 0.3) is 0 Å². The molecule has 0 aromatic carbocycles. The monoisotopic (exact) mass is 280 g/mol. The van der Waals surface area contributed by atoms with E-state index in [1.54, 1.807) is 4.90 Å². The Labute approximate surface area is 112 Å². The number of nitrogens with one attached hydrogen (secondary N) is 1. The number of hydrogen-bond donors (Lipinski definition) is 1. The Hall–Kier alpha value is -0.780. The quantitative estimate of drug-likeness (QED) is 0.858.